The second kappa shape index (κ2) is 8.82. The zero-order valence-electron chi connectivity index (χ0n) is 12.7. The van der Waals surface area contributed by atoms with Gasteiger partial charge in [-0.05, 0) is 43.9 Å². The third-order valence-electron chi connectivity index (χ3n) is 4.22. The van der Waals surface area contributed by atoms with Crippen molar-refractivity contribution in [2.45, 2.75) is 64.8 Å². The molecule has 1 aliphatic carbocycles. The van der Waals surface area contributed by atoms with Gasteiger partial charge in [-0.2, -0.15) is 0 Å². The van der Waals surface area contributed by atoms with E-state index in [4.69, 9.17) is 5.11 Å². The fraction of sp³-hybridized carbons (Fsp3) is 0.867. The van der Waals surface area contributed by atoms with Crippen LogP contribution in [0.5, 0.6) is 0 Å². The molecule has 20 heavy (non-hydrogen) atoms. The molecule has 5 heteroatoms. The minimum Gasteiger partial charge on any atom is -0.481 e. The third-order valence-corrected chi connectivity index (χ3v) is 4.22. The first-order valence-corrected chi connectivity index (χ1v) is 7.77. The molecule has 5 nitrogen and oxygen atoms in total. The Bertz CT molecular complexity index is 312. The van der Waals surface area contributed by atoms with Crippen LogP contribution < -0.4 is 10.6 Å². The minimum atomic E-state index is -0.783. The summed E-state index contributed by atoms with van der Waals surface area (Å²) in [5.41, 5.74) is 0. The van der Waals surface area contributed by atoms with Crippen molar-refractivity contribution in [3.8, 4) is 0 Å². The van der Waals surface area contributed by atoms with Gasteiger partial charge in [0.05, 0.1) is 0 Å². The molecule has 116 valence electrons. The van der Waals surface area contributed by atoms with Gasteiger partial charge in [0.15, 0.2) is 0 Å². The molecule has 0 saturated heterocycles. The van der Waals surface area contributed by atoms with Gasteiger partial charge in [-0.25, -0.2) is 4.79 Å². The quantitative estimate of drug-likeness (QED) is 0.672. The molecule has 1 saturated carbocycles. The van der Waals surface area contributed by atoms with Gasteiger partial charge in [-0.15, -0.1) is 0 Å². The van der Waals surface area contributed by atoms with Gasteiger partial charge in [0, 0.05) is 19.0 Å². The molecule has 1 aliphatic rings. The summed E-state index contributed by atoms with van der Waals surface area (Å²) >= 11 is 0. The summed E-state index contributed by atoms with van der Waals surface area (Å²) in [5, 5.41) is 14.5. The average molecular weight is 284 g/mol. The van der Waals surface area contributed by atoms with Crippen molar-refractivity contribution in [1.82, 2.24) is 10.6 Å². The van der Waals surface area contributed by atoms with E-state index in [2.05, 4.69) is 17.6 Å². The van der Waals surface area contributed by atoms with E-state index in [9.17, 15) is 9.59 Å². The maximum Gasteiger partial charge on any atom is 0.315 e. The Labute approximate surface area is 121 Å². The molecule has 0 spiro atoms. The Kier molecular flexibility index (Phi) is 7.41. The SMILES string of the molecule is CCC1CCC(NC(=O)NCC(C)CCC(=O)O)CC1. The van der Waals surface area contributed by atoms with Crippen LogP contribution in [0.1, 0.15) is 58.8 Å². The second-order valence-electron chi connectivity index (χ2n) is 6.02. The van der Waals surface area contributed by atoms with Crippen molar-refractivity contribution in [3.05, 3.63) is 0 Å². The number of carboxylic acid groups (broad SMARTS) is 1. The van der Waals surface area contributed by atoms with Gasteiger partial charge in [-0.3, -0.25) is 4.79 Å². The van der Waals surface area contributed by atoms with Crippen molar-refractivity contribution in [3.63, 3.8) is 0 Å². The Morgan fingerprint density at radius 1 is 1.25 bits per heavy atom. The molecule has 1 rings (SSSR count). The molecule has 0 aromatic rings. The summed E-state index contributed by atoms with van der Waals surface area (Å²) in [5.74, 6) is 0.230. The van der Waals surface area contributed by atoms with E-state index in [1.807, 2.05) is 6.92 Å². The number of amides is 2. The van der Waals surface area contributed by atoms with Crippen LogP contribution in [0.3, 0.4) is 0 Å². The molecule has 1 unspecified atom stereocenters. The molecule has 3 N–H and O–H groups in total. The largest absolute Gasteiger partial charge is 0.481 e. The number of urea groups is 1. The van der Waals surface area contributed by atoms with Crippen molar-refractivity contribution in [2.24, 2.45) is 11.8 Å². The van der Waals surface area contributed by atoms with Crippen LogP contribution in [0.4, 0.5) is 4.79 Å². The van der Waals surface area contributed by atoms with E-state index in [1.165, 1.54) is 19.3 Å². The van der Waals surface area contributed by atoms with Crippen LogP contribution >= 0.6 is 0 Å². The molecule has 2 amide bonds. The Balaban J connectivity index is 2.12. The maximum absolute atomic E-state index is 11.8. The molecule has 0 aliphatic heterocycles. The third kappa shape index (κ3) is 6.78. The highest BCUT2D eigenvalue weighted by molar-refractivity contribution is 5.74. The van der Waals surface area contributed by atoms with Crippen molar-refractivity contribution in [1.29, 1.82) is 0 Å². The van der Waals surface area contributed by atoms with E-state index < -0.39 is 5.97 Å². The number of aliphatic carboxylic acids is 1. The standard InChI is InChI=1S/C15H28N2O3/c1-3-12-5-7-13(8-6-12)17-15(20)16-10-11(2)4-9-14(18)19/h11-13H,3-10H2,1-2H3,(H,18,19)(H2,16,17,20). The zero-order valence-corrected chi connectivity index (χ0v) is 12.7. The molecular weight excluding hydrogens is 256 g/mol. The summed E-state index contributed by atoms with van der Waals surface area (Å²) in [6, 6.07) is 0.180. The molecular formula is C15H28N2O3. The van der Waals surface area contributed by atoms with Gasteiger partial charge in [0.25, 0.3) is 0 Å². The number of rotatable bonds is 7. The van der Waals surface area contributed by atoms with Crippen LogP contribution in [-0.2, 0) is 4.79 Å². The molecule has 0 aromatic carbocycles. The van der Waals surface area contributed by atoms with Crippen LogP contribution in [0.15, 0.2) is 0 Å². The van der Waals surface area contributed by atoms with E-state index in [0.29, 0.717) is 19.0 Å². The topological polar surface area (TPSA) is 78.4 Å². The van der Waals surface area contributed by atoms with Crippen LogP contribution in [0.2, 0.25) is 0 Å². The summed E-state index contributed by atoms with van der Waals surface area (Å²) < 4.78 is 0. The summed E-state index contributed by atoms with van der Waals surface area (Å²) in [4.78, 5) is 22.2. The highest BCUT2D eigenvalue weighted by Crippen LogP contribution is 2.26. The zero-order chi connectivity index (χ0) is 15.0. The lowest BCUT2D eigenvalue weighted by Crippen LogP contribution is -2.44. The first-order chi connectivity index (χ1) is 9.51. The highest BCUT2D eigenvalue weighted by Gasteiger charge is 2.21. The Morgan fingerprint density at radius 3 is 2.45 bits per heavy atom. The maximum atomic E-state index is 11.8. The second-order valence-corrected chi connectivity index (χ2v) is 6.02. The average Bonchev–Trinajstić information content (AvgIpc) is 2.43. The van der Waals surface area contributed by atoms with Crippen molar-refractivity contribution >= 4 is 12.0 Å². The van der Waals surface area contributed by atoms with E-state index in [0.717, 1.165) is 18.8 Å². The number of carboxylic acids is 1. The molecule has 0 radical (unpaired) electrons. The number of carbonyl (C=O) groups excluding carboxylic acids is 1. The first-order valence-electron chi connectivity index (χ1n) is 7.77. The molecule has 0 aromatic heterocycles. The predicted molar refractivity (Wildman–Crippen MR) is 78.6 cm³/mol. The lowest BCUT2D eigenvalue weighted by molar-refractivity contribution is -0.137. The summed E-state index contributed by atoms with van der Waals surface area (Å²) in [6.45, 7) is 4.71. The number of nitrogens with one attached hydrogen (secondary N) is 2. The smallest absolute Gasteiger partial charge is 0.315 e. The Hall–Kier alpha value is -1.26. The van der Waals surface area contributed by atoms with Crippen LogP contribution in [-0.4, -0.2) is 29.7 Å². The summed E-state index contributed by atoms with van der Waals surface area (Å²) in [7, 11) is 0. The van der Waals surface area contributed by atoms with Crippen LogP contribution in [0, 0.1) is 11.8 Å². The lowest BCUT2D eigenvalue weighted by atomic mass is 9.85. The lowest BCUT2D eigenvalue weighted by Gasteiger charge is -2.28. The monoisotopic (exact) mass is 284 g/mol. The molecule has 1 fully saturated rings. The highest BCUT2D eigenvalue weighted by atomic mass is 16.4. The van der Waals surface area contributed by atoms with Crippen molar-refractivity contribution in [2.75, 3.05) is 6.54 Å². The number of hydrogen-bond acceptors (Lipinski definition) is 2. The molecule has 0 bridgehead atoms. The Morgan fingerprint density at radius 2 is 1.90 bits per heavy atom. The van der Waals surface area contributed by atoms with Gasteiger partial charge < -0.3 is 15.7 Å². The number of carbonyl (C=O) groups is 2. The fourth-order valence-corrected chi connectivity index (χ4v) is 2.69. The van der Waals surface area contributed by atoms with E-state index in [1.54, 1.807) is 0 Å². The predicted octanol–water partition coefficient (Wildman–Crippen LogP) is 2.76. The minimum absolute atomic E-state index is 0.118. The molecule has 0 heterocycles. The molecule has 1 atom stereocenters. The van der Waals surface area contributed by atoms with E-state index >= 15 is 0 Å². The normalized spacial score (nSPS) is 23.9. The summed E-state index contributed by atoms with van der Waals surface area (Å²) in [6.07, 6.45) is 6.54. The fourth-order valence-electron chi connectivity index (χ4n) is 2.69. The van der Waals surface area contributed by atoms with Gasteiger partial charge in [0.1, 0.15) is 0 Å². The van der Waals surface area contributed by atoms with Crippen LogP contribution in [0.25, 0.3) is 0 Å². The first kappa shape index (κ1) is 16.8. The van der Waals surface area contributed by atoms with Gasteiger partial charge in [-0.1, -0.05) is 20.3 Å². The number of hydrogen-bond donors (Lipinski definition) is 3. The van der Waals surface area contributed by atoms with Gasteiger partial charge >= 0.3 is 12.0 Å². The van der Waals surface area contributed by atoms with E-state index in [-0.39, 0.29) is 18.4 Å². The van der Waals surface area contributed by atoms with Gasteiger partial charge in [0.2, 0.25) is 0 Å². The van der Waals surface area contributed by atoms with Crippen molar-refractivity contribution < 1.29 is 14.7 Å².